The van der Waals surface area contributed by atoms with E-state index in [0.29, 0.717) is 0 Å². The Kier molecular flexibility index (Phi) is 4.87. The molecule has 5 nitrogen and oxygen atoms in total. The van der Waals surface area contributed by atoms with Gasteiger partial charge in [0.15, 0.2) is 0 Å². The zero-order valence-corrected chi connectivity index (χ0v) is 12.2. The van der Waals surface area contributed by atoms with Crippen molar-refractivity contribution >= 4 is 11.8 Å². The maximum atomic E-state index is 12.0. The summed E-state index contributed by atoms with van der Waals surface area (Å²) in [6.45, 7) is 3.87. The second-order valence-corrected chi connectivity index (χ2v) is 4.76. The number of ether oxygens (including phenoxy) is 1. The molecule has 110 valence electrons. The van der Waals surface area contributed by atoms with Gasteiger partial charge in [-0.1, -0.05) is 29.8 Å². The number of carbonyl (C=O) groups is 2. The molecule has 0 aliphatic heterocycles. The van der Waals surface area contributed by atoms with E-state index in [1.807, 2.05) is 31.2 Å². The van der Waals surface area contributed by atoms with Crippen molar-refractivity contribution < 1.29 is 14.3 Å². The molecule has 1 aromatic carbocycles. The Morgan fingerprint density at radius 2 is 2.00 bits per heavy atom. The van der Waals surface area contributed by atoms with Gasteiger partial charge in [0.1, 0.15) is 0 Å². The first kappa shape index (κ1) is 15.0. The Hall–Kier alpha value is -2.43. The van der Waals surface area contributed by atoms with E-state index in [4.69, 9.17) is 4.74 Å². The van der Waals surface area contributed by atoms with Crippen LogP contribution in [0.15, 0.2) is 42.7 Å². The quantitative estimate of drug-likeness (QED) is 0.604. The molecule has 0 aliphatic rings. The van der Waals surface area contributed by atoms with E-state index in [0.717, 1.165) is 11.1 Å². The molecule has 1 aromatic heterocycles. The molecule has 0 fully saturated rings. The summed E-state index contributed by atoms with van der Waals surface area (Å²) in [5, 5.41) is 4.19. The van der Waals surface area contributed by atoms with Crippen LogP contribution < -0.4 is 0 Å². The molecular weight excluding hydrogens is 268 g/mol. The van der Waals surface area contributed by atoms with Gasteiger partial charge in [0.05, 0.1) is 12.6 Å². The van der Waals surface area contributed by atoms with Crippen molar-refractivity contribution in [2.45, 2.75) is 26.3 Å². The lowest BCUT2D eigenvalue weighted by Crippen LogP contribution is -2.23. The minimum Gasteiger partial charge on any atom is -0.460 e. The number of nitrogens with zero attached hydrogens (tertiary/aromatic N) is 2. The van der Waals surface area contributed by atoms with Crippen molar-refractivity contribution in [3.8, 4) is 0 Å². The van der Waals surface area contributed by atoms with Crippen molar-refractivity contribution in [3.63, 3.8) is 0 Å². The summed E-state index contributed by atoms with van der Waals surface area (Å²) in [5.74, 6) is -1.33. The van der Waals surface area contributed by atoms with E-state index in [-0.39, 0.29) is 19.1 Å². The Morgan fingerprint density at radius 1 is 1.29 bits per heavy atom. The van der Waals surface area contributed by atoms with Crippen molar-refractivity contribution in [3.05, 3.63) is 53.9 Å². The first-order valence-electron chi connectivity index (χ1n) is 6.87. The average molecular weight is 286 g/mol. The maximum absolute atomic E-state index is 12.0. The van der Waals surface area contributed by atoms with E-state index in [2.05, 4.69) is 5.10 Å². The first-order chi connectivity index (χ1) is 10.1. The molecule has 21 heavy (non-hydrogen) atoms. The summed E-state index contributed by atoms with van der Waals surface area (Å²) in [6, 6.07) is 9.31. The van der Waals surface area contributed by atoms with Crippen LogP contribution in [0.4, 0.5) is 0 Å². The fraction of sp³-hybridized carbons (Fsp3) is 0.312. The van der Waals surface area contributed by atoms with Gasteiger partial charge in [-0.25, -0.2) is 4.79 Å². The number of benzene rings is 1. The second kappa shape index (κ2) is 6.83. The first-order valence-corrected chi connectivity index (χ1v) is 6.87. The lowest BCUT2D eigenvalue weighted by Gasteiger charge is -2.17. The number of carbonyl (C=O) groups excluding carboxylic acids is 2. The van der Waals surface area contributed by atoms with Gasteiger partial charge in [-0.15, -0.1) is 0 Å². The number of Topliss-reactive ketones (excluding diaryl/α,β-unsaturated/α-hetero) is 1. The SMILES string of the molecule is CCOC(=O)C(=O)CC(c1ccc(C)cc1)n1cccn1. The van der Waals surface area contributed by atoms with Crippen LogP contribution >= 0.6 is 0 Å². The Morgan fingerprint density at radius 3 is 2.57 bits per heavy atom. The van der Waals surface area contributed by atoms with Gasteiger partial charge in [0.2, 0.25) is 5.78 Å². The molecule has 2 rings (SSSR count). The third kappa shape index (κ3) is 3.78. The summed E-state index contributed by atoms with van der Waals surface area (Å²) in [5.41, 5.74) is 2.07. The lowest BCUT2D eigenvalue weighted by atomic mass is 10.0. The number of hydrogen-bond acceptors (Lipinski definition) is 4. The fourth-order valence-electron chi connectivity index (χ4n) is 2.09. The summed E-state index contributed by atoms with van der Waals surface area (Å²) >= 11 is 0. The third-order valence-corrected chi connectivity index (χ3v) is 3.19. The Bertz CT molecular complexity index is 603. The highest BCUT2D eigenvalue weighted by Gasteiger charge is 2.23. The van der Waals surface area contributed by atoms with E-state index in [9.17, 15) is 9.59 Å². The standard InChI is InChI=1S/C16H18N2O3/c1-3-21-16(20)15(19)11-14(18-10-4-9-17-18)13-7-5-12(2)6-8-13/h4-10,14H,3,11H2,1-2H3. The number of esters is 1. The smallest absolute Gasteiger partial charge is 0.374 e. The summed E-state index contributed by atoms with van der Waals surface area (Å²) in [4.78, 5) is 23.5. The van der Waals surface area contributed by atoms with Crippen LogP contribution in [0.5, 0.6) is 0 Å². The molecule has 0 aliphatic carbocycles. The second-order valence-electron chi connectivity index (χ2n) is 4.76. The van der Waals surface area contributed by atoms with Crippen LogP contribution in [-0.4, -0.2) is 28.1 Å². The molecule has 2 aromatic rings. The van der Waals surface area contributed by atoms with Crippen LogP contribution in [0.25, 0.3) is 0 Å². The average Bonchev–Trinajstić information content (AvgIpc) is 3.00. The predicted octanol–water partition coefficient (Wildman–Crippen LogP) is 2.30. The maximum Gasteiger partial charge on any atom is 0.374 e. The van der Waals surface area contributed by atoms with Crippen molar-refractivity contribution in [2.75, 3.05) is 6.61 Å². The summed E-state index contributed by atoms with van der Waals surface area (Å²) in [7, 11) is 0. The van der Waals surface area contributed by atoms with Gasteiger partial charge in [0.25, 0.3) is 0 Å². The number of aromatic nitrogens is 2. The van der Waals surface area contributed by atoms with Crippen molar-refractivity contribution in [2.24, 2.45) is 0 Å². The normalized spacial score (nSPS) is 11.9. The molecule has 0 bridgehead atoms. The Labute approximate surface area is 123 Å². The lowest BCUT2D eigenvalue weighted by molar-refractivity contribution is -0.153. The van der Waals surface area contributed by atoms with E-state index >= 15 is 0 Å². The zero-order chi connectivity index (χ0) is 15.2. The van der Waals surface area contributed by atoms with Crippen molar-refractivity contribution in [1.29, 1.82) is 0 Å². The number of ketones is 1. The monoisotopic (exact) mass is 286 g/mol. The zero-order valence-electron chi connectivity index (χ0n) is 12.2. The van der Waals surface area contributed by atoms with E-state index < -0.39 is 11.8 Å². The van der Waals surface area contributed by atoms with Gasteiger partial charge in [0, 0.05) is 18.8 Å². The van der Waals surface area contributed by atoms with Crippen molar-refractivity contribution in [1.82, 2.24) is 9.78 Å². The number of aryl methyl sites for hydroxylation is 1. The van der Waals surface area contributed by atoms with Gasteiger partial charge < -0.3 is 4.74 Å². The van der Waals surface area contributed by atoms with E-state index in [1.165, 1.54) is 0 Å². The number of hydrogen-bond donors (Lipinski definition) is 0. The van der Waals surface area contributed by atoms with E-state index in [1.54, 1.807) is 30.1 Å². The molecule has 0 radical (unpaired) electrons. The molecule has 1 atom stereocenters. The number of rotatable bonds is 6. The highest BCUT2D eigenvalue weighted by Crippen LogP contribution is 2.22. The molecule has 1 heterocycles. The molecule has 0 saturated heterocycles. The minimum atomic E-state index is -0.790. The molecule has 0 saturated carbocycles. The van der Waals surface area contributed by atoms with Gasteiger partial charge >= 0.3 is 5.97 Å². The summed E-state index contributed by atoms with van der Waals surface area (Å²) in [6.07, 6.45) is 3.46. The van der Waals surface area contributed by atoms with Crippen LogP contribution in [0.2, 0.25) is 0 Å². The van der Waals surface area contributed by atoms with Crippen LogP contribution in [0, 0.1) is 6.92 Å². The topological polar surface area (TPSA) is 61.2 Å². The fourth-order valence-corrected chi connectivity index (χ4v) is 2.09. The molecule has 1 unspecified atom stereocenters. The van der Waals surface area contributed by atoms with Crippen LogP contribution in [0.1, 0.15) is 30.5 Å². The highest BCUT2D eigenvalue weighted by atomic mass is 16.5. The molecular formula is C16H18N2O3. The largest absolute Gasteiger partial charge is 0.460 e. The van der Waals surface area contributed by atoms with Crippen LogP contribution in [0.3, 0.4) is 0 Å². The summed E-state index contributed by atoms with van der Waals surface area (Å²) < 4.78 is 6.44. The Balaban J connectivity index is 2.23. The van der Waals surface area contributed by atoms with Gasteiger partial charge in [-0.2, -0.15) is 5.10 Å². The highest BCUT2D eigenvalue weighted by molar-refractivity contribution is 6.33. The molecule has 0 amide bonds. The van der Waals surface area contributed by atoms with Gasteiger partial charge in [-0.3, -0.25) is 9.48 Å². The molecule has 0 N–H and O–H groups in total. The molecule has 5 heteroatoms. The van der Waals surface area contributed by atoms with Gasteiger partial charge in [-0.05, 0) is 25.5 Å². The predicted molar refractivity (Wildman–Crippen MR) is 77.8 cm³/mol. The third-order valence-electron chi connectivity index (χ3n) is 3.19. The van der Waals surface area contributed by atoms with Crippen LogP contribution in [-0.2, 0) is 14.3 Å². The molecule has 0 spiro atoms. The minimum absolute atomic E-state index is 0.0313.